The van der Waals surface area contributed by atoms with Crippen molar-refractivity contribution in [2.45, 2.75) is 53.1 Å². The lowest BCUT2D eigenvalue weighted by atomic mass is 10.2. The van der Waals surface area contributed by atoms with Crippen LogP contribution in [0.1, 0.15) is 46.1 Å². The number of benzene rings is 1. The lowest BCUT2D eigenvalue weighted by Gasteiger charge is -2.21. The Morgan fingerprint density at radius 3 is 2.62 bits per heavy atom. The highest BCUT2D eigenvalue weighted by Crippen LogP contribution is 2.05. The molecule has 1 unspecified atom stereocenters. The first-order chi connectivity index (χ1) is 11.6. The van der Waals surface area contributed by atoms with Crippen molar-refractivity contribution in [3.05, 3.63) is 35.6 Å². The summed E-state index contributed by atoms with van der Waals surface area (Å²) in [4.78, 5) is 7.00. The van der Waals surface area contributed by atoms with Crippen LogP contribution in [0.4, 0.5) is 4.39 Å². The molecule has 4 nitrogen and oxygen atoms in total. The van der Waals surface area contributed by atoms with Gasteiger partial charge in [0.25, 0.3) is 0 Å². The standard InChI is InChI=1S/C19H33FN4/c1-5-21-19(22-15-17-11-8-12-18(20)14-17)23-16(4)10-9-13-24(6-2)7-3/h8,11-12,14,16H,5-7,9-10,13,15H2,1-4H3,(H2,21,22,23). The fraction of sp³-hybridized carbons (Fsp3) is 0.632. The summed E-state index contributed by atoms with van der Waals surface area (Å²) < 4.78 is 13.2. The Balaban J connectivity index is 2.47. The van der Waals surface area contributed by atoms with E-state index in [1.54, 1.807) is 6.07 Å². The van der Waals surface area contributed by atoms with E-state index in [2.05, 4.69) is 41.3 Å². The van der Waals surface area contributed by atoms with E-state index in [0.717, 1.165) is 44.1 Å². The maximum atomic E-state index is 13.2. The number of hydrogen-bond acceptors (Lipinski definition) is 2. The number of nitrogens with one attached hydrogen (secondary N) is 2. The van der Waals surface area contributed by atoms with Crippen molar-refractivity contribution in [1.82, 2.24) is 15.5 Å². The molecule has 1 rings (SSSR count). The summed E-state index contributed by atoms with van der Waals surface area (Å²) >= 11 is 0. The van der Waals surface area contributed by atoms with Gasteiger partial charge in [0, 0.05) is 12.6 Å². The number of hydrogen-bond donors (Lipinski definition) is 2. The van der Waals surface area contributed by atoms with Crippen LogP contribution in [0.2, 0.25) is 0 Å². The molecular weight excluding hydrogens is 303 g/mol. The van der Waals surface area contributed by atoms with Crippen LogP contribution in [0.25, 0.3) is 0 Å². The van der Waals surface area contributed by atoms with E-state index >= 15 is 0 Å². The minimum atomic E-state index is -0.217. The van der Waals surface area contributed by atoms with Crippen LogP contribution in [-0.4, -0.2) is 43.1 Å². The summed E-state index contributed by atoms with van der Waals surface area (Å²) in [7, 11) is 0. The molecule has 1 aromatic rings. The molecule has 0 saturated carbocycles. The van der Waals surface area contributed by atoms with Crippen molar-refractivity contribution in [2.24, 2.45) is 4.99 Å². The lowest BCUT2D eigenvalue weighted by molar-refractivity contribution is 0.292. The molecule has 0 bridgehead atoms. The van der Waals surface area contributed by atoms with Gasteiger partial charge in [-0.05, 0) is 64.0 Å². The van der Waals surface area contributed by atoms with Gasteiger partial charge in [-0.3, -0.25) is 0 Å². The van der Waals surface area contributed by atoms with Crippen molar-refractivity contribution in [3.63, 3.8) is 0 Å². The molecule has 0 fully saturated rings. The molecule has 5 heteroatoms. The molecular formula is C19H33FN4. The topological polar surface area (TPSA) is 39.7 Å². The number of aliphatic imine (C=N–C) groups is 1. The van der Waals surface area contributed by atoms with E-state index in [4.69, 9.17) is 0 Å². The second-order valence-corrected chi connectivity index (χ2v) is 6.04. The van der Waals surface area contributed by atoms with Crippen molar-refractivity contribution < 1.29 is 4.39 Å². The number of halogens is 1. The normalized spacial score (nSPS) is 13.2. The van der Waals surface area contributed by atoms with Crippen molar-refractivity contribution in [2.75, 3.05) is 26.2 Å². The van der Waals surface area contributed by atoms with Crippen LogP contribution in [0.3, 0.4) is 0 Å². The average Bonchev–Trinajstić information content (AvgIpc) is 2.57. The first-order valence-corrected chi connectivity index (χ1v) is 9.10. The average molecular weight is 336 g/mol. The molecule has 0 aliphatic carbocycles. The van der Waals surface area contributed by atoms with E-state index in [1.165, 1.54) is 18.6 Å². The number of rotatable bonds is 10. The molecule has 24 heavy (non-hydrogen) atoms. The van der Waals surface area contributed by atoms with Gasteiger partial charge in [-0.2, -0.15) is 0 Å². The highest BCUT2D eigenvalue weighted by Gasteiger charge is 2.06. The maximum absolute atomic E-state index is 13.2. The second kappa shape index (κ2) is 11.8. The summed E-state index contributed by atoms with van der Waals surface area (Å²) in [5.41, 5.74) is 0.876. The zero-order valence-electron chi connectivity index (χ0n) is 15.6. The molecule has 0 heterocycles. The Kier molecular flexibility index (Phi) is 10.1. The van der Waals surface area contributed by atoms with E-state index in [9.17, 15) is 4.39 Å². The van der Waals surface area contributed by atoms with Crippen molar-refractivity contribution in [3.8, 4) is 0 Å². The third-order valence-corrected chi connectivity index (χ3v) is 4.04. The molecule has 1 atom stereocenters. The van der Waals surface area contributed by atoms with Crippen molar-refractivity contribution in [1.29, 1.82) is 0 Å². The molecule has 0 aliphatic heterocycles. The van der Waals surface area contributed by atoms with Gasteiger partial charge in [-0.1, -0.05) is 26.0 Å². The van der Waals surface area contributed by atoms with Gasteiger partial charge in [-0.25, -0.2) is 9.38 Å². The highest BCUT2D eigenvalue weighted by atomic mass is 19.1. The lowest BCUT2D eigenvalue weighted by Crippen LogP contribution is -2.42. The smallest absolute Gasteiger partial charge is 0.191 e. The first kappa shape index (κ1) is 20.4. The molecule has 0 spiro atoms. The van der Waals surface area contributed by atoms with Gasteiger partial charge < -0.3 is 15.5 Å². The largest absolute Gasteiger partial charge is 0.357 e. The van der Waals surface area contributed by atoms with Gasteiger partial charge in [0.05, 0.1) is 6.54 Å². The maximum Gasteiger partial charge on any atom is 0.191 e. The second-order valence-electron chi connectivity index (χ2n) is 6.04. The summed E-state index contributed by atoms with van der Waals surface area (Å²) in [6.45, 7) is 13.3. The van der Waals surface area contributed by atoms with Crippen LogP contribution in [-0.2, 0) is 6.54 Å². The summed E-state index contributed by atoms with van der Waals surface area (Å²) in [6, 6.07) is 6.95. The van der Waals surface area contributed by atoms with Gasteiger partial charge in [0.1, 0.15) is 5.82 Å². The van der Waals surface area contributed by atoms with Gasteiger partial charge in [0.15, 0.2) is 5.96 Å². The van der Waals surface area contributed by atoms with Crippen LogP contribution in [0.15, 0.2) is 29.3 Å². The quantitative estimate of drug-likeness (QED) is 0.508. The third-order valence-electron chi connectivity index (χ3n) is 4.04. The predicted molar refractivity (Wildman–Crippen MR) is 101 cm³/mol. The van der Waals surface area contributed by atoms with E-state index in [1.807, 2.05) is 13.0 Å². The zero-order valence-corrected chi connectivity index (χ0v) is 15.6. The van der Waals surface area contributed by atoms with Crippen LogP contribution >= 0.6 is 0 Å². The van der Waals surface area contributed by atoms with Crippen LogP contribution < -0.4 is 10.6 Å². The van der Waals surface area contributed by atoms with Crippen LogP contribution in [0.5, 0.6) is 0 Å². The molecule has 0 aromatic heterocycles. The molecule has 136 valence electrons. The fourth-order valence-electron chi connectivity index (χ4n) is 2.59. The highest BCUT2D eigenvalue weighted by molar-refractivity contribution is 5.80. The minimum Gasteiger partial charge on any atom is -0.357 e. The summed E-state index contributed by atoms with van der Waals surface area (Å²) in [5.74, 6) is 0.572. The van der Waals surface area contributed by atoms with Gasteiger partial charge in [0.2, 0.25) is 0 Å². The Bertz CT molecular complexity index is 486. The zero-order chi connectivity index (χ0) is 17.8. The van der Waals surface area contributed by atoms with E-state index < -0.39 is 0 Å². The number of guanidine groups is 1. The molecule has 0 amide bonds. The fourth-order valence-corrected chi connectivity index (χ4v) is 2.59. The molecule has 2 N–H and O–H groups in total. The SMILES string of the molecule is CCNC(=NCc1cccc(F)c1)NC(C)CCCN(CC)CC. The summed E-state index contributed by atoms with van der Waals surface area (Å²) in [6.07, 6.45) is 2.26. The van der Waals surface area contributed by atoms with Crippen LogP contribution in [0, 0.1) is 5.82 Å². The van der Waals surface area contributed by atoms with E-state index in [0.29, 0.717) is 12.6 Å². The monoisotopic (exact) mass is 336 g/mol. The summed E-state index contributed by atoms with van der Waals surface area (Å²) in [5, 5.41) is 6.69. The molecule has 0 radical (unpaired) electrons. The molecule has 0 aliphatic rings. The Morgan fingerprint density at radius 1 is 1.25 bits per heavy atom. The Labute approximate surface area is 146 Å². The molecule has 0 saturated heterocycles. The Hall–Kier alpha value is -1.62. The minimum absolute atomic E-state index is 0.217. The van der Waals surface area contributed by atoms with Crippen molar-refractivity contribution >= 4 is 5.96 Å². The first-order valence-electron chi connectivity index (χ1n) is 9.10. The van der Waals surface area contributed by atoms with Gasteiger partial charge in [-0.15, -0.1) is 0 Å². The number of nitrogens with zero attached hydrogens (tertiary/aromatic N) is 2. The predicted octanol–water partition coefficient (Wildman–Crippen LogP) is 3.39. The third kappa shape index (κ3) is 8.29. The van der Waals surface area contributed by atoms with Gasteiger partial charge >= 0.3 is 0 Å². The molecule has 1 aromatic carbocycles. The Morgan fingerprint density at radius 2 is 2.00 bits per heavy atom. The van der Waals surface area contributed by atoms with E-state index in [-0.39, 0.29) is 5.82 Å².